The lowest BCUT2D eigenvalue weighted by Crippen LogP contribution is -2.38. The predicted octanol–water partition coefficient (Wildman–Crippen LogP) is 4.23. The third kappa shape index (κ3) is 7.04. The van der Waals surface area contributed by atoms with Gasteiger partial charge in [-0.3, -0.25) is 0 Å². The first-order chi connectivity index (χ1) is 12.3. The highest BCUT2D eigenvalue weighted by molar-refractivity contribution is 14.0. The van der Waals surface area contributed by atoms with Crippen LogP contribution in [-0.2, 0) is 19.1 Å². The second-order valence-electron chi connectivity index (χ2n) is 5.87. The minimum absolute atomic E-state index is 0. The van der Waals surface area contributed by atoms with Gasteiger partial charge in [0.05, 0.1) is 17.8 Å². The molecule has 0 spiro atoms. The monoisotopic (exact) mass is 496 g/mol. The SMILES string of the molecule is CCNC(=NCc1ccc(C(F)(F)F)cc1)NCCc1c(C)noc1C.I. The quantitative estimate of drug-likeness (QED) is 0.357. The molecule has 0 aliphatic carbocycles. The van der Waals surface area contributed by atoms with Crippen LogP contribution in [0, 0.1) is 13.8 Å². The highest BCUT2D eigenvalue weighted by Gasteiger charge is 2.29. The number of rotatable bonds is 6. The number of nitrogens with zero attached hydrogens (tertiary/aromatic N) is 2. The fourth-order valence-corrected chi connectivity index (χ4v) is 2.48. The number of aryl methyl sites for hydroxylation is 2. The summed E-state index contributed by atoms with van der Waals surface area (Å²) in [5.41, 5.74) is 1.99. The van der Waals surface area contributed by atoms with Gasteiger partial charge in [-0.15, -0.1) is 24.0 Å². The van der Waals surface area contributed by atoms with Crippen LogP contribution in [0.4, 0.5) is 13.2 Å². The molecule has 2 N–H and O–H groups in total. The van der Waals surface area contributed by atoms with Crippen LogP contribution in [0.25, 0.3) is 0 Å². The van der Waals surface area contributed by atoms with Crippen LogP contribution < -0.4 is 10.6 Å². The van der Waals surface area contributed by atoms with Crippen LogP contribution in [-0.4, -0.2) is 24.2 Å². The van der Waals surface area contributed by atoms with E-state index in [1.165, 1.54) is 12.1 Å². The van der Waals surface area contributed by atoms with Crippen molar-refractivity contribution in [3.63, 3.8) is 0 Å². The molecule has 1 heterocycles. The van der Waals surface area contributed by atoms with Gasteiger partial charge in [0.1, 0.15) is 5.76 Å². The van der Waals surface area contributed by atoms with E-state index in [1.54, 1.807) is 0 Å². The molecular formula is C18H24F3IN4O. The second-order valence-corrected chi connectivity index (χ2v) is 5.87. The summed E-state index contributed by atoms with van der Waals surface area (Å²) in [5.74, 6) is 1.41. The fraction of sp³-hybridized carbons (Fsp3) is 0.444. The smallest absolute Gasteiger partial charge is 0.361 e. The molecule has 0 atom stereocenters. The summed E-state index contributed by atoms with van der Waals surface area (Å²) < 4.78 is 42.9. The number of alkyl halides is 3. The summed E-state index contributed by atoms with van der Waals surface area (Å²) in [6, 6.07) is 5.03. The first kappa shape index (κ1) is 23.3. The van der Waals surface area contributed by atoms with Gasteiger partial charge >= 0.3 is 6.18 Å². The Labute approximate surface area is 173 Å². The van der Waals surface area contributed by atoms with Crippen LogP contribution >= 0.6 is 24.0 Å². The number of aliphatic imine (C=N–C) groups is 1. The zero-order valence-corrected chi connectivity index (χ0v) is 17.8. The van der Waals surface area contributed by atoms with Crippen LogP contribution in [0.15, 0.2) is 33.8 Å². The molecule has 0 aliphatic heterocycles. The summed E-state index contributed by atoms with van der Waals surface area (Å²) in [7, 11) is 0. The molecule has 0 saturated carbocycles. The van der Waals surface area contributed by atoms with Crippen molar-refractivity contribution in [2.75, 3.05) is 13.1 Å². The molecule has 0 unspecified atom stereocenters. The van der Waals surface area contributed by atoms with E-state index in [1.807, 2.05) is 20.8 Å². The van der Waals surface area contributed by atoms with Gasteiger partial charge in [-0.1, -0.05) is 17.3 Å². The van der Waals surface area contributed by atoms with E-state index in [9.17, 15) is 13.2 Å². The first-order valence-electron chi connectivity index (χ1n) is 8.41. The van der Waals surface area contributed by atoms with E-state index in [0.717, 1.165) is 35.6 Å². The Morgan fingerprint density at radius 2 is 1.81 bits per heavy atom. The molecule has 0 radical (unpaired) electrons. The number of benzene rings is 1. The third-order valence-electron chi connectivity index (χ3n) is 3.89. The molecule has 0 aliphatic rings. The molecule has 150 valence electrons. The molecule has 9 heteroatoms. The Balaban J connectivity index is 0.00000364. The van der Waals surface area contributed by atoms with Gasteiger partial charge in [-0.25, -0.2) is 4.99 Å². The average Bonchev–Trinajstić information content (AvgIpc) is 2.91. The van der Waals surface area contributed by atoms with E-state index in [-0.39, 0.29) is 24.0 Å². The molecule has 1 aromatic heterocycles. The van der Waals surface area contributed by atoms with Crippen molar-refractivity contribution >= 4 is 29.9 Å². The summed E-state index contributed by atoms with van der Waals surface area (Å²) in [6.45, 7) is 7.34. The molecule has 0 saturated heterocycles. The van der Waals surface area contributed by atoms with E-state index >= 15 is 0 Å². The number of nitrogens with one attached hydrogen (secondary N) is 2. The minimum atomic E-state index is -4.32. The lowest BCUT2D eigenvalue weighted by atomic mass is 10.1. The number of aromatic nitrogens is 1. The third-order valence-corrected chi connectivity index (χ3v) is 3.89. The molecule has 27 heavy (non-hydrogen) atoms. The Morgan fingerprint density at radius 3 is 2.33 bits per heavy atom. The fourth-order valence-electron chi connectivity index (χ4n) is 2.48. The Hall–Kier alpha value is -1.78. The van der Waals surface area contributed by atoms with Crippen molar-refractivity contribution in [3.05, 3.63) is 52.4 Å². The Morgan fingerprint density at radius 1 is 1.15 bits per heavy atom. The zero-order valence-electron chi connectivity index (χ0n) is 15.5. The number of hydrogen-bond acceptors (Lipinski definition) is 3. The first-order valence-corrected chi connectivity index (χ1v) is 8.41. The lowest BCUT2D eigenvalue weighted by molar-refractivity contribution is -0.137. The summed E-state index contributed by atoms with van der Waals surface area (Å²) >= 11 is 0. The standard InChI is InChI=1S/C18H23F3N4O.HI/c1-4-22-17(23-10-9-16-12(2)25-26-13(16)3)24-11-14-5-7-15(8-6-14)18(19,20)21;/h5-8H,4,9-11H2,1-3H3,(H2,22,23,24);1H. The zero-order chi connectivity index (χ0) is 19.2. The maximum absolute atomic E-state index is 12.6. The van der Waals surface area contributed by atoms with Crippen molar-refractivity contribution in [1.29, 1.82) is 0 Å². The Bertz CT molecular complexity index is 723. The summed E-state index contributed by atoms with van der Waals surface area (Å²) in [4.78, 5) is 4.41. The van der Waals surface area contributed by atoms with Gasteiger partial charge in [-0.2, -0.15) is 13.2 Å². The van der Waals surface area contributed by atoms with Gasteiger partial charge in [-0.05, 0) is 44.9 Å². The minimum Gasteiger partial charge on any atom is -0.361 e. The van der Waals surface area contributed by atoms with E-state index in [4.69, 9.17) is 4.52 Å². The maximum atomic E-state index is 12.6. The van der Waals surface area contributed by atoms with E-state index in [0.29, 0.717) is 31.2 Å². The van der Waals surface area contributed by atoms with Crippen LogP contribution in [0.3, 0.4) is 0 Å². The molecular weight excluding hydrogens is 472 g/mol. The van der Waals surface area contributed by atoms with Crippen molar-refractivity contribution in [2.45, 2.75) is 39.9 Å². The van der Waals surface area contributed by atoms with Gasteiger partial charge in [0, 0.05) is 18.7 Å². The summed E-state index contributed by atoms with van der Waals surface area (Å²) in [5, 5.41) is 10.2. The van der Waals surface area contributed by atoms with Crippen molar-refractivity contribution in [3.8, 4) is 0 Å². The van der Waals surface area contributed by atoms with Crippen molar-refractivity contribution in [1.82, 2.24) is 15.8 Å². The van der Waals surface area contributed by atoms with Gasteiger partial charge in [0.15, 0.2) is 5.96 Å². The molecule has 0 amide bonds. The van der Waals surface area contributed by atoms with Gasteiger partial charge < -0.3 is 15.2 Å². The summed E-state index contributed by atoms with van der Waals surface area (Å²) in [6.07, 6.45) is -3.58. The highest BCUT2D eigenvalue weighted by atomic mass is 127. The maximum Gasteiger partial charge on any atom is 0.416 e. The molecule has 2 rings (SSSR count). The van der Waals surface area contributed by atoms with Crippen molar-refractivity contribution < 1.29 is 17.7 Å². The number of hydrogen-bond donors (Lipinski definition) is 2. The highest BCUT2D eigenvalue weighted by Crippen LogP contribution is 2.29. The van der Waals surface area contributed by atoms with Crippen molar-refractivity contribution in [2.24, 2.45) is 4.99 Å². The topological polar surface area (TPSA) is 62.5 Å². The van der Waals surface area contributed by atoms with Crippen LogP contribution in [0.2, 0.25) is 0 Å². The average molecular weight is 496 g/mol. The number of halogens is 4. The second kappa shape index (κ2) is 10.5. The number of guanidine groups is 1. The van der Waals surface area contributed by atoms with Crippen LogP contribution in [0.1, 0.15) is 35.1 Å². The van der Waals surface area contributed by atoms with E-state index < -0.39 is 11.7 Å². The molecule has 5 nitrogen and oxygen atoms in total. The largest absolute Gasteiger partial charge is 0.416 e. The molecule has 0 fully saturated rings. The normalized spacial score (nSPS) is 11.9. The predicted molar refractivity (Wildman–Crippen MR) is 109 cm³/mol. The lowest BCUT2D eigenvalue weighted by Gasteiger charge is -2.11. The molecule has 2 aromatic rings. The molecule has 0 bridgehead atoms. The Kier molecular flexibility index (Phi) is 9.07. The van der Waals surface area contributed by atoms with Crippen LogP contribution in [0.5, 0.6) is 0 Å². The van der Waals surface area contributed by atoms with Gasteiger partial charge in [0.2, 0.25) is 0 Å². The molecule has 1 aromatic carbocycles. The van der Waals surface area contributed by atoms with E-state index in [2.05, 4.69) is 20.8 Å². The van der Waals surface area contributed by atoms with Gasteiger partial charge in [0.25, 0.3) is 0 Å².